The number of esters is 1. The molecule has 17 heavy (non-hydrogen) atoms. The number of hydrogen-bond donors (Lipinski definition) is 1. The van der Waals surface area contributed by atoms with Crippen molar-refractivity contribution in [2.45, 2.75) is 50.5 Å². The predicted octanol–water partition coefficient (Wildman–Crippen LogP) is 1.88. The van der Waals surface area contributed by atoms with Gasteiger partial charge >= 0.3 is 5.97 Å². The molecule has 0 heterocycles. The first kappa shape index (κ1) is 14.5. The van der Waals surface area contributed by atoms with Gasteiger partial charge in [-0.05, 0) is 19.9 Å². The van der Waals surface area contributed by atoms with Crippen molar-refractivity contribution in [2.75, 3.05) is 27.4 Å². The molecule has 0 bridgehead atoms. The first-order chi connectivity index (χ1) is 8.22. The fourth-order valence-corrected chi connectivity index (χ4v) is 2.46. The van der Waals surface area contributed by atoms with Crippen molar-refractivity contribution in [3.05, 3.63) is 0 Å². The van der Waals surface area contributed by atoms with E-state index >= 15 is 0 Å². The van der Waals surface area contributed by atoms with Crippen molar-refractivity contribution in [3.63, 3.8) is 0 Å². The van der Waals surface area contributed by atoms with Crippen LogP contribution < -0.4 is 5.32 Å². The van der Waals surface area contributed by atoms with Gasteiger partial charge in [0.1, 0.15) is 0 Å². The van der Waals surface area contributed by atoms with E-state index < -0.39 is 0 Å². The van der Waals surface area contributed by atoms with Crippen LogP contribution in [-0.4, -0.2) is 38.9 Å². The largest absolute Gasteiger partial charge is 0.466 e. The molecular formula is C13H25NO3. The summed E-state index contributed by atoms with van der Waals surface area (Å²) in [5, 5.41) is 3.32. The molecule has 0 atom stereocenters. The fraction of sp³-hybridized carbons (Fsp3) is 0.923. The van der Waals surface area contributed by atoms with Gasteiger partial charge < -0.3 is 14.8 Å². The van der Waals surface area contributed by atoms with Gasteiger partial charge in [0.2, 0.25) is 0 Å². The van der Waals surface area contributed by atoms with Crippen molar-refractivity contribution in [3.8, 4) is 0 Å². The summed E-state index contributed by atoms with van der Waals surface area (Å²) in [5.41, 5.74) is -0.0173. The van der Waals surface area contributed by atoms with Gasteiger partial charge in [-0.2, -0.15) is 0 Å². The summed E-state index contributed by atoms with van der Waals surface area (Å²) in [6.45, 7) is 1.11. The smallest absolute Gasteiger partial charge is 0.307 e. The molecule has 0 saturated heterocycles. The van der Waals surface area contributed by atoms with Crippen LogP contribution in [0.5, 0.6) is 0 Å². The van der Waals surface area contributed by atoms with Gasteiger partial charge in [0.05, 0.1) is 13.0 Å². The lowest BCUT2D eigenvalue weighted by molar-refractivity contribution is -0.146. The van der Waals surface area contributed by atoms with Gasteiger partial charge in [0.15, 0.2) is 0 Å². The second-order valence-corrected chi connectivity index (χ2v) is 4.83. The molecule has 0 aliphatic heterocycles. The van der Waals surface area contributed by atoms with E-state index in [9.17, 15) is 4.79 Å². The van der Waals surface area contributed by atoms with Crippen LogP contribution in [-0.2, 0) is 14.3 Å². The van der Waals surface area contributed by atoms with Crippen molar-refractivity contribution < 1.29 is 14.3 Å². The molecule has 1 saturated carbocycles. The zero-order valence-electron chi connectivity index (χ0n) is 11.1. The molecule has 0 aromatic heterocycles. The Bertz CT molecular complexity index is 225. The highest BCUT2D eigenvalue weighted by Crippen LogP contribution is 2.30. The molecule has 0 aromatic rings. The monoisotopic (exact) mass is 243 g/mol. The van der Waals surface area contributed by atoms with E-state index in [4.69, 9.17) is 9.47 Å². The van der Waals surface area contributed by atoms with Crippen LogP contribution in [0, 0.1) is 0 Å². The zero-order chi connectivity index (χ0) is 12.6. The average molecular weight is 243 g/mol. The number of methoxy groups -OCH3 is 1. The van der Waals surface area contributed by atoms with Crippen molar-refractivity contribution >= 4 is 5.97 Å². The number of rotatable bonds is 7. The summed E-state index contributed by atoms with van der Waals surface area (Å²) in [6, 6.07) is 0. The van der Waals surface area contributed by atoms with Gasteiger partial charge in [0.25, 0.3) is 0 Å². The third kappa shape index (κ3) is 5.04. The number of carbonyl (C=O) groups is 1. The SMILES string of the molecule is CNC1(CC(=O)OCCCOC)CCCCC1. The Morgan fingerprint density at radius 1 is 1.24 bits per heavy atom. The van der Waals surface area contributed by atoms with Crippen LogP contribution in [0.1, 0.15) is 44.9 Å². The summed E-state index contributed by atoms with van der Waals surface area (Å²) in [6.07, 6.45) is 7.13. The Hall–Kier alpha value is -0.610. The minimum atomic E-state index is -0.0858. The highest BCUT2D eigenvalue weighted by atomic mass is 16.5. The minimum absolute atomic E-state index is 0.0173. The third-order valence-corrected chi connectivity index (χ3v) is 3.58. The maximum Gasteiger partial charge on any atom is 0.307 e. The van der Waals surface area contributed by atoms with E-state index in [0.717, 1.165) is 19.3 Å². The van der Waals surface area contributed by atoms with Gasteiger partial charge in [-0.25, -0.2) is 0 Å². The molecule has 4 nitrogen and oxygen atoms in total. The summed E-state index contributed by atoms with van der Waals surface area (Å²) < 4.78 is 10.1. The second-order valence-electron chi connectivity index (χ2n) is 4.83. The molecule has 1 rings (SSSR count). The summed E-state index contributed by atoms with van der Waals surface area (Å²) in [5.74, 6) is -0.0858. The van der Waals surface area contributed by atoms with Crippen molar-refractivity contribution in [1.82, 2.24) is 5.32 Å². The number of hydrogen-bond acceptors (Lipinski definition) is 4. The van der Waals surface area contributed by atoms with Crippen LogP contribution in [0.15, 0.2) is 0 Å². The Balaban J connectivity index is 2.27. The minimum Gasteiger partial charge on any atom is -0.466 e. The molecule has 0 amide bonds. The van der Waals surface area contributed by atoms with Gasteiger partial charge in [-0.3, -0.25) is 4.79 Å². The van der Waals surface area contributed by atoms with E-state index in [-0.39, 0.29) is 11.5 Å². The highest BCUT2D eigenvalue weighted by molar-refractivity contribution is 5.71. The molecule has 0 spiro atoms. The number of carbonyl (C=O) groups excluding carboxylic acids is 1. The lowest BCUT2D eigenvalue weighted by Gasteiger charge is -2.36. The van der Waals surface area contributed by atoms with Crippen molar-refractivity contribution in [1.29, 1.82) is 0 Å². The first-order valence-corrected chi connectivity index (χ1v) is 6.56. The second kappa shape index (κ2) is 7.67. The summed E-state index contributed by atoms with van der Waals surface area (Å²) >= 11 is 0. The normalized spacial score (nSPS) is 18.9. The number of nitrogens with one attached hydrogen (secondary N) is 1. The quantitative estimate of drug-likeness (QED) is 0.548. The molecule has 0 aromatic carbocycles. The molecular weight excluding hydrogens is 218 g/mol. The van der Waals surface area contributed by atoms with Crippen LogP contribution in [0.3, 0.4) is 0 Å². The Kier molecular flexibility index (Phi) is 6.52. The number of ether oxygens (including phenoxy) is 2. The molecule has 1 N–H and O–H groups in total. The van der Waals surface area contributed by atoms with E-state index in [2.05, 4.69) is 5.32 Å². The van der Waals surface area contributed by atoms with Gasteiger partial charge in [-0.1, -0.05) is 19.3 Å². The summed E-state index contributed by atoms with van der Waals surface area (Å²) in [4.78, 5) is 11.7. The first-order valence-electron chi connectivity index (χ1n) is 6.56. The molecule has 1 aliphatic rings. The highest BCUT2D eigenvalue weighted by Gasteiger charge is 2.33. The predicted molar refractivity (Wildman–Crippen MR) is 66.9 cm³/mol. The van der Waals surface area contributed by atoms with Crippen LogP contribution in [0.4, 0.5) is 0 Å². The average Bonchev–Trinajstić information content (AvgIpc) is 2.36. The van der Waals surface area contributed by atoms with E-state index in [1.807, 2.05) is 7.05 Å². The van der Waals surface area contributed by atoms with Crippen LogP contribution >= 0.6 is 0 Å². The van der Waals surface area contributed by atoms with Crippen LogP contribution in [0.2, 0.25) is 0 Å². The van der Waals surface area contributed by atoms with E-state index in [0.29, 0.717) is 19.6 Å². The third-order valence-electron chi connectivity index (χ3n) is 3.58. The molecule has 100 valence electrons. The fourth-order valence-electron chi connectivity index (χ4n) is 2.46. The van der Waals surface area contributed by atoms with Gasteiger partial charge in [0, 0.05) is 25.7 Å². The topological polar surface area (TPSA) is 47.6 Å². The molecule has 0 unspecified atom stereocenters. The van der Waals surface area contributed by atoms with Crippen LogP contribution in [0.25, 0.3) is 0 Å². The molecule has 1 aliphatic carbocycles. The Labute approximate surface area is 104 Å². The standard InChI is InChI=1S/C13H25NO3/c1-14-13(7-4-3-5-8-13)11-12(15)17-10-6-9-16-2/h14H,3-11H2,1-2H3. The Morgan fingerprint density at radius 3 is 2.53 bits per heavy atom. The summed E-state index contributed by atoms with van der Waals surface area (Å²) in [7, 11) is 3.60. The van der Waals surface area contributed by atoms with E-state index in [1.54, 1.807) is 7.11 Å². The maximum atomic E-state index is 11.7. The van der Waals surface area contributed by atoms with Crippen molar-refractivity contribution in [2.24, 2.45) is 0 Å². The molecule has 4 heteroatoms. The Morgan fingerprint density at radius 2 is 1.94 bits per heavy atom. The lowest BCUT2D eigenvalue weighted by atomic mass is 9.79. The maximum absolute atomic E-state index is 11.7. The van der Waals surface area contributed by atoms with Gasteiger partial charge in [-0.15, -0.1) is 0 Å². The van der Waals surface area contributed by atoms with E-state index in [1.165, 1.54) is 19.3 Å². The molecule has 0 radical (unpaired) electrons. The molecule has 1 fully saturated rings. The zero-order valence-corrected chi connectivity index (χ0v) is 11.1. The lowest BCUT2D eigenvalue weighted by Crippen LogP contribution is -2.46.